The molecule has 2 heterocycles. The van der Waals surface area contributed by atoms with E-state index in [9.17, 15) is 22.8 Å². The minimum Gasteiger partial charge on any atom is -0.356 e. The number of carbonyl (C=O) groups is 2. The molecule has 3 rings (SSSR count). The fourth-order valence-electron chi connectivity index (χ4n) is 2.59. The quantitative estimate of drug-likeness (QED) is 0.413. The molecular weight excluding hydrogens is 500 g/mol. The van der Waals surface area contributed by atoms with Crippen molar-refractivity contribution < 1.29 is 22.8 Å². The van der Waals surface area contributed by atoms with Crippen molar-refractivity contribution in [2.24, 2.45) is 0 Å². The zero-order valence-corrected chi connectivity index (χ0v) is 17.1. The van der Waals surface area contributed by atoms with Gasteiger partial charge in [0.25, 0.3) is 0 Å². The molecule has 0 fully saturated rings. The molecule has 0 aliphatic carbocycles. The number of amides is 2. The van der Waals surface area contributed by atoms with Crippen LogP contribution in [0.15, 0.2) is 54.7 Å². The van der Waals surface area contributed by atoms with Crippen LogP contribution in [-0.2, 0) is 9.59 Å². The van der Waals surface area contributed by atoms with Gasteiger partial charge in [0.1, 0.15) is 9.35 Å². The van der Waals surface area contributed by atoms with Crippen LogP contribution in [0.4, 0.5) is 19.0 Å². The number of fused-ring (bicyclic) bond motifs is 1. The molecule has 1 aromatic carbocycles. The smallest absolute Gasteiger partial charge is 0.356 e. The molecule has 2 N–H and O–H groups in total. The highest BCUT2D eigenvalue weighted by Gasteiger charge is 2.39. The predicted molar refractivity (Wildman–Crippen MR) is 110 cm³/mol. The van der Waals surface area contributed by atoms with Crippen molar-refractivity contribution in [3.05, 3.63) is 69.6 Å². The Kier molecular flexibility index (Phi) is 5.91. The van der Waals surface area contributed by atoms with Gasteiger partial charge in [0, 0.05) is 19.3 Å². The first-order chi connectivity index (χ1) is 13.7. The Morgan fingerprint density at radius 3 is 2.41 bits per heavy atom. The van der Waals surface area contributed by atoms with Crippen LogP contribution in [0.5, 0.6) is 0 Å². The monoisotopic (exact) mass is 514 g/mol. The lowest BCUT2D eigenvalue weighted by Gasteiger charge is -2.09. The van der Waals surface area contributed by atoms with Crippen molar-refractivity contribution in [1.29, 1.82) is 0 Å². The highest BCUT2D eigenvalue weighted by Crippen LogP contribution is 2.27. The third-order valence-corrected chi connectivity index (χ3v) is 5.00. The second-order valence-electron chi connectivity index (χ2n) is 5.89. The summed E-state index contributed by atoms with van der Waals surface area (Å²) in [5.41, 5.74) is 2.41. The molecule has 2 aromatic heterocycles. The number of pyridine rings is 1. The van der Waals surface area contributed by atoms with Crippen LogP contribution in [0.25, 0.3) is 11.2 Å². The lowest BCUT2D eigenvalue weighted by atomic mass is 9.99. The molecule has 3 aromatic rings. The van der Waals surface area contributed by atoms with E-state index in [0.29, 0.717) is 20.5 Å². The first-order valence-electron chi connectivity index (χ1n) is 8.25. The van der Waals surface area contributed by atoms with Gasteiger partial charge in [0.2, 0.25) is 5.91 Å². The molecule has 0 aliphatic rings. The molecule has 0 saturated carbocycles. The molecule has 10 heteroatoms. The molecule has 0 radical (unpaired) electrons. The standard InChI is InChI=1S/C19H14F3IN4O2/c1-24-15(28)9-13(11-5-3-2-4-6-11)12-7-8-14-25-17(16(23)27(14)10-12)26-18(29)19(20,21)22/h2-10H,1H3,(H,24,28)(H,26,29). The van der Waals surface area contributed by atoms with E-state index in [1.54, 1.807) is 50.6 Å². The number of halogens is 4. The molecule has 150 valence electrons. The molecule has 0 unspecified atom stereocenters. The number of anilines is 1. The van der Waals surface area contributed by atoms with Crippen LogP contribution in [0, 0.1) is 3.70 Å². The second kappa shape index (κ2) is 8.23. The van der Waals surface area contributed by atoms with Gasteiger partial charge in [-0.25, -0.2) is 4.98 Å². The number of carbonyl (C=O) groups excluding carboxylic acids is 2. The number of nitrogens with zero attached hydrogens (tertiary/aromatic N) is 2. The molecule has 2 amide bonds. The number of benzene rings is 1. The molecule has 0 bridgehead atoms. The Balaban J connectivity index is 2.08. The van der Waals surface area contributed by atoms with Crippen LogP contribution in [0.2, 0.25) is 0 Å². The fraction of sp³-hybridized carbons (Fsp3) is 0.105. The minimum atomic E-state index is -5.01. The summed E-state index contributed by atoms with van der Waals surface area (Å²) in [5, 5.41) is 4.31. The summed E-state index contributed by atoms with van der Waals surface area (Å²) in [5.74, 6) is -2.59. The van der Waals surface area contributed by atoms with Crippen LogP contribution in [0.3, 0.4) is 0 Å². The summed E-state index contributed by atoms with van der Waals surface area (Å²) in [4.78, 5) is 27.2. The summed E-state index contributed by atoms with van der Waals surface area (Å²) in [6.07, 6.45) is -1.93. The number of imidazole rings is 1. The van der Waals surface area contributed by atoms with E-state index >= 15 is 0 Å². The van der Waals surface area contributed by atoms with Gasteiger partial charge in [0.05, 0.1) is 0 Å². The molecule has 0 aliphatic heterocycles. The molecule has 0 spiro atoms. The van der Waals surface area contributed by atoms with E-state index in [1.165, 1.54) is 13.1 Å². The highest BCUT2D eigenvalue weighted by molar-refractivity contribution is 14.1. The number of likely N-dealkylation sites (N-methyl/N-ethyl adjacent to an activating group) is 1. The van der Waals surface area contributed by atoms with E-state index in [-0.39, 0.29) is 11.7 Å². The zero-order chi connectivity index (χ0) is 21.2. The van der Waals surface area contributed by atoms with E-state index in [0.717, 1.165) is 5.56 Å². The number of rotatable bonds is 4. The van der Waals surface area contributed by atoms with Crippen molar-refractivity contribution in [3.63, 3.8) is 0 Å². The molecule has 29 heavy (non-hydrogen) atoms. The first-order valence-corrected chi connectivity index (χ1v) is 9.33. The van der Waals surface area contributed by atoms with E-state index in [4.69, 9.17) is 0 Å². The van der Waals surface area contributed by atoms with Gasteiger partial charge >= 0.3 is 12.1 Å². The maximum Gasteiger partial charge on any atom is 0.471 e. The summed E-state index contributed by atoms with van der Waals surface area (Å²) in [6.45, 7) is 0. The van der Waals surface area contributed by atoms with Gasteiger partial charge in [-0.2, -0.15) is 13.2 Å². The molecule has 0 atom stereocenters. The average molecular weight is 514 g/mol. The third-order valence-electron chi connectivity index (χ3n) is 3.97. The molecule has 0 saturated heterocycles. The first kappa shape index (κ1) is 20.8. The summed E-state index contributed by atoms with van der Waals surface area (Å²) >= 11 is 1.80. The predicted octanol–water partition coefficient (Wildman–Crippen LogP) is 3.62. The summed E-state index contributed by atoms with van der Waals surface area (Å²) in [7, 11) is 1.51. The normalized spacial score (nSPS) is 12.1. The Morgan fingerprint density at radius 1 is 1.10 bits per heavy atom. The van der Waals surface area contributed by atoms with Crippen molar-refractivity contribution in [2.75, 3.05) is 12.4 Å². The zero-order valence-electron chi connectivity index (χ0n) is 14.9. The fourth-order valence-corrected chi connectivity index (χ4v) is 3.23. The Labute approximate surface area is 177 Å². The van der Waals surface area contributed by atoms with Gasteiger partial charge in [0.15, 0.2) is 5.82 Å². The van der Waals surface area contributed by atoms with E-state index < -0.39 is 12.1 Å². The van der Waals surface area contributed by atoms with Gasteiger partial charge in [-0.15, -0.1) is 0 Å². The SMILES string of the molecule is CNC(=O)C=C(c1ccccc1)c1ccc2nc(NC(=O)C(F)(F)F)c(I)n2c1. The van der Waals surface area contributed by atoms with Gasteiger partial charge in [-0.3, -0.25) is 14.0 Å². The van der Waals surface area contributed by atoms with Crippen molar-refractivity contribution in [3.8, 4) is 0 Å². The van der Waals surface area contributed by atoms with E-state index in [2.05, 4.69) is 10.3 Å². The van der Waals surface area contributed by atoms with Crippen molar-refractivity contribution >= 4 is 51.4 Å². The minimum absolute atomic E-state index is 0.193. The number of hydrogen-bond donors (Lipinski definition) is 2. The topological polar surface area (TPSA) is 75.5 Å². The van der Waals surface area contributed by atoms with Gasteiger partial charge in [-0.05, 0) is 51.4 Å². The maximum atomic E-state index is 12.5. The van der Waals surface area contributed by atoms with Crippen LogP contribution in [0.1, 0.15) is 11.1 Å². The lowest BCUT2D eigenvalue weighted by Crippen LogP contribution is -2.30. The maximum absolute atomic E-state index is 12.5. The summed E-state index contributed by atoms with van der Waals surface area (Å²) in [6, 6.07) is 12.5. The number of nitrogens with one attached hydrogen (secondary N) is 2. The average Bonchev–Trinajstić information content (AvgIpc) is 3.01. The number of alkyl halides is 3. The molecule has 6 nitrogen and oxygen atoms in total. The van der Waals surface area contributed by atoms with Gasteiger partial charge in [-0.1, -0.05) is 30.3 Å². The van der Waals surface area contributed by atoms with E-state index in [1.807, 2.05) is 30.3 Å². The van der Waals surface area contributed by atoms with Crippen LogP contribution in [-0.4, -0.2) is 34.4 Å². The van der Waals surface area contributed by atoms with Crippen molar-refractivity contribution in [1.82, 2.24) is 14.7 Å². The Hall–Kier alpha value is -2.89. The van der Waals surface area contributed by atoms with Crippen LogP contribution < -0.4 is 10.6 Å². The van der Waals surface area contributed by atoms with Gasteiger partial charge < -0.3 is 10.6 Å². The summed E-state index contributed by atoms with van der Waals surface area (Å²) < 4.78 is 39.5. The largest absolute Gasteiger partial charge is 0.471 e. The Bertz CT molecular complexity index is 1110. The number of hydrogen-bond acceptors (Lipinski definition) is 3. The number of aromatic nitrogens is 2. The van der Waals surface area contributed by atoms with Crippen LogP contribution >= 0.6 is 22.6 Å². The molecular formula is C19H14F3IN4O2. The third kappa shape index (κ3) is 4.58. The Morgan fingerprint density at radius 2 is 1.79 bits per heavy atom. The highest BCUT2D eigenvalue weighted by atomic mass is 127. The lowest BCUT2D eigenvalue weighted by molar-refractivity contribution is -0.167. The second-order valence-corrected chi connectivity index (χ2v) is 6.91. The van der Waals surface area contributed by atoms with Crippen molar-refractivity contribution in [2.45, 2.75) is 6.18 Å².